The Labute approximate surface area is 142 Å². The summed E-state index contributed by atoms with van der Waals surface area (Å²) < 4.78 is 5.87. The van der Waals surface area contributed by atoms with Crippen LogP contribution < -0.4 is 10.9 Å². The number of fused-ring (bicyclic) bond motifs is 1. The Morgan fingerprint density at radius 1 is 1.16 bits per heavy atom. The number of esters is 1. The van der Waals surface area contributed by atoms with E-state index in [4.69, 9.17) is 0 Å². The van der Waals surface area contributed by atoms with Crippen molar-refractivity contribution in [1.29, 1.82) is 0 Å². The minimum atomic E-state index is -0.571. The van der Waals surface area contributed by atoms with Crippen molar-refractivity contribution in [1.82, 2.24) is 9.55 Å². The number of carbonyl (C=O) groups excluding carboxylic acids is 2. The SMILES string of the molecule is COC(=O)Cn1c(=O)c(NC(=O)c2ccccc2)cc2ncccc21. The van der Waals surface area contributed by atoms with Gasteiger partial charge in [-0.2, -0.15) is 0 Å². The third kappa shape index (κ3) is 3.40. The van der Waals surface area contributed by atoms with Crippen molar-refractivity contribution < 1.29 is 14.3 Å². The van der Waals surface area contributed by atoms with Gasteiger partial charge in [0.2, 0.25) is 0 Å². The summed E-state index contributed by atoms with van der Waals surface area (Å²) in [6.45, 7) is -0.271. The highest BCUT2D eigenvalue weighted by molar-refractivity contribution is 6.04. The van der Waals surface area contributed by atoms with E-state index in [1.807, 2.05) is 0 Å². The standard InChI is InChI=1S/C18H15N3O4/c1-25-16(22)11-21-15-8-5-9-19-13(15)10-14(18(21)24)20-17(23)12-6-3-2-4-7-12/h2-10H,11H2,1H3,(H,20,23). The fourth-order valence-corrected chi connectivity index (χ4v) is 2.43. The van der Waals surface area contributed by atoms with E-state index in [1.54, 1.807) is 48.7 Å². The predicted molar refractivity (Wildman–Crippen MR) is 92.4 cm³/mol. The minimum Gasteiger partial charge on any atom is -0.468 e. The maximum absolute atomic E-state index is 12.7. The van der Waals surface area contributed by atoms with Gasteiger partial charge in [-0.3, -0.25) is 23.9 Å². The molecule has 0 aliphatic rings. The summed E-state index contributed by atoms with van der Waals surface area (Å²) in [4.78, 5) is 40.9. The highest BCUT2D eigenvalue weighted by atomic mass is 16.5. The number of methoxy groups -OCH3 is 1. The molecular formula is C18H15N3O4. The van der Waals surface area contributed by atoms with Crippen LogP contribution in [0.25, 0.3) is 11.0 Å². The van der Waals surface area contributed by atoms with Crippen molar-refractivity contribution in [3.63, 3.8) is 0 Å². The third-order valence-corrected chi connectivity index (χ3v) is 3.66. The number of nitrogens with zero attached hydrogens (tertiary/aromatic N) is 2. The molecule has 1 N–H and O–H groups in total. The second kappa shape index (κ2) is 6.96. The number of ether oxygens (including phenoxy) is 1. The molecular weight excluding hydrogens is 322 g/mol. The number of carbonyl (C=O) groups is 2. The Balaban J connectivity index is 2.06. The number of hydrogen-bond acceptors (Lipinski definition) is 5. The van der Waals surface area contributed by atoms with E-state index < -0.39 is 17.4 Å². The molecule has 0 saturated heterocycles. The van der Waals surface area contributed by atoms with E-state index in [2.05, 4.69) is 15.0 Å². The van der Waals surface area contributed by atoms with Crippen molar-refractivity contribution in [2.45, 2.75) is 6.54 Å². The van der Waals surface area contributed by atoms with E-state index >= 15 is 0 Å². The lowest BCUT2D eigenvalue weighted by Gasteiger charge is -2.12. The maximum atomic E-state index is 12.7. The number of nitrogens with one attached hydrogen (secondary N) is 1. The molecule has 3 rings (SSSR count). The first kappa shape index (κ1) is 16.4. The molecule has 1 aromatic carbocycles. The fourth-order valence-electron chi connectivity index (χ4n) is 2.43. The number of pyridine rings is 2. The Hall–Kier alpha value is -3.48. The lowest BCUT2D eigenvalue weighted by molar-refractivity contribution is -0.141. The van der Waals surface area contributed by atoms with E-state index in [1.165, 1.54) is 17.7 Å². The summed E-state index contributed by atoms with van der Waals surface area (Å²) in [5.41, 5.74) is 0.923. The first-order valence-corrected chi connectivity index (χ1v) is 7.52. The van der Waals surface area contributed by atoms with Crippen LogP contribution >= 0.6 is 0 Å². The molecule has 3 aromatic rings. The van der Waals surface area contributed by atoms with Gasteiger partial charge in [0.15, 0.2) is 0 Å². The monoisotopic (exact) mass is 337 g/mol. The number of benzene rings is 1. The molecule has 0 unspecified atom stereocenters. The van der Waals surface area contributed by atoms with Gasteiger partial charge in [0.1, 0.15) is 12.2 Å². The van der Waals surface area contributed by atoms with Crippen LogP contribution in [0.2, 0.25) is 0 Å². The van der Waals surface area contributed by atoms with Crippen molar-refractivity contribution in [2.75, 3.05) is 12.4 Å². The van der Waals surface area contributed by atoms with E-state index in [9.17, 15) is 14.4 Å². The number of hydrogen-bond donors (Lipinski definition) is 1. The molecule has 126 valence electrons. The van der Waals surface area contributed by atoms with Crippen molar-refractivity contribution in [2.24, 2.45) is 0 Å². The zero-order chi connectivity index (χ0) is 17.8. The quantitative estimate of drug-likeness (QED) is 0.734. The van der Waals surface area contributed by atoms with E-state index in [-0.39, 0.29) is 12.2 Å². The van der Waals surface area contributed by atoms with Gasteiger partial charge in [-0.05, 0) is 30.3 Å². The second-order valence-corrected chi connectivity index (χ2v) is 5.25. The largest absolute Gasteiger partial charge is 0.468 e. The number of anilines is 1. The van der Waals surface area contributed by atoms with Gasteiger partial charge in [-0.15, -0.1) is 0 Å². The lowest BCUT2D eigenvalue weighted by Crippen LogP contribution is -2.29. The molecule has 0 atom stereocenters. The number of amides is 1. The molecule has 0 saturated carbocycles. The van der Waals surface area contributed by atoms with Gasteiger partial charge in [0.25, 0.3) is 11.5 Å². The van der Waals surface area contributed by atoms with Crippen molar-refractivity contribution >= 4 is 28.6 Å². The Morgan fingerprint density at radius 3 is 2.64 bits per heavy atom. The van der Waals surface area contributed by atoms with Crippen LogP contribution in [0, 0.1) is 0 Å². The highest BCUT2D eigenvalue weighted by Gasteiger charge is 2.15. The summed E-state index contributed by atoms with van der Waals surface area (Å²) in [6.07, 6.45) is 1.57. The average Bonchev–Trinajstić information content (AvgIpc) is 2.65. The third-order valence-electron chi connectivity index (χ3n) is 3.66. The normalized spacial score (nSPS) is 10.4. The van der Waals surface area contributed by atoms with Gasteiger partial charge in [-0.25, -0.2) is 0 Å². The molecule has 25 heavy (non-hydrogen) atoms. The summed E-state index contributed by atoms with van der Waals surface area (Å²) in [5.74, 6) is -0.989. The maximum Gasteiger partial charge on any atom is 0.325 e. The van der Waals surface area contributed by atoms with Crippen LogP contribution in [0.3, 0.4) is 0 Å². The van der Waals surface area contributed by atoms with Crippen molar-refractivity contribution in [3.8, 4) is 0 Å². The average molecular weight is 337 g/mol. The lowest BCUT2D eigenvalue weighted by atomic mass is 10.2. The minimum absolute atomic E-state index is 0.0453. The zero-order valence-electron chi connectivity index (χ0n) is 13.4. The van der Waals surface area contributed by atoms with Crippen LogP contribution in [0.15, 0.2) is 59.5 Å². The molecule has 2 aromatic heterocycles. The molecule has 7 heteroatoms. The number of rotatable bonds is 4. The van der Waals surface area contributed by atoms with Crippen LogP contribution in [0.1, 0.15) is 10.4 Å². The highest BCUT2D eigenvalue weighted by Crippen LogP contribution is 2.14. The first-order chi connectivity index (χ1) is 12.1. The first-order valence-electron chi connectivity index (χ1n) is 7.52. The fraction of sp³-hybridized carbons (Fsp3) is 0.111. The van der Waals surface area contributed by atoms with Gasteiger partial charge < -0.3 is 10.1 Å². The Bertz CT molecular complexity index is 996. The molecule has 0 radical (unpaired) electrons. The van der Waals surface area contributed by atoms with Gasteiger partial charge >= 0.3 is 5.97 Å². The summed E-state index contributed by atoms with van der Waals surface area (Å²) in [7, 11) is 1.24. The van der Waals surface area contributed by atoms with Crippen LogP contribution in [0.5, 0.6) is 0 Å². The Kier molecular flexibility index (Phi) is 4.56. The van der Waals surface area contributed by atoms with Gasteiger partial charge in [0.05, 0.1) is 18.1 Å². The van der Waals surface area contributed by atoms with E-state index in [0.29, 0.717) is 16.6 Å². The summed E-state index contributed by atoms with van der Waals surface area (Å²) >= 11 is 0. The molecule has 0 spiro atoms. The topological polar surface area (TPSA) is 90.3 Å². The van der Waals surface area contributed by atoms with Crippen molar-refractivity contribution in [3.05, 3.63) is 70.6 Å². The van der Waals surface area contributed by atoms with Crippen LogP contribution in [0.4, 0.5) is 5.69 Å². The summed E-state index contributed by atoms with van der Waals surface area (Å²) in [5, 5.41) is 2.59. The summed E-state index contributed by atoms with van der Waals surface area (Å²) in [6, 6.07) is 13.4. The smallest absolute Gasteiger partial charge is 0.325 e. The van der Waals surface area contributed by atoms with E-state index in [0.717, 1.165) is 0 Å². The van der Waals surface area contributed by atoms with Gasteiger partial charge in [-0.1, -0.05) is 18.2 Å². The molecule has 0 aliphatic heterocycles. The number of aromatic nitrogens is 2. The second-order valence-electron chi connectivity index (χ2n) is 5.25. The zero-order valence-corrected chi connectivity index (χ0v) is 13.4. The molecule has 7 nitrogen and oxygen atoms in total. The molecule has 2 heterocycles. The van der Waals surface area contributed by atoms with Crippen LogP contribution in [-0.4, -0.2) is 28.5 Å². The van der Waals surface area contributed by atoms with Crippen LogP contribution in [-0.2, 0) is 16.1 Å². The molecule has 1 amide bonds. The molecule has 0 fully saturated rings. The molecule has 0 bridgehead atoms. The predicted octanol–water partition coefficient (Wildman–Crippen LogP) is 1.82. The molecule has 0 aliphatic carbocycles. The Morgan fingerprint density at radius 2 is 1.92 bits per heavy atom. The van der Waals surface area contributed by atoms with Gasteiger partial charge in [0, 0.05) is 11.8 Å².